The van der Waals surface area contributed by atoms with Crippen molar-refractivity contribution in [3.63, 3.8) is 0 Å². The number of pyridine rings is 1. The summed E-state index contributed by atoms with van der Waals surface area (Å²) in [5.41, 5.74) is 2.23. The molecular formula is C18H24N4O. The highest BCUT2D eigenvalue weighted by atomic mass is 16.1. The number of aromatic nitrogens is 3. The van der Waals surface area contributed by atoms with Gasteiger partial charge in [-0.3, -0.25) is 14.9 Å². The molecule has 2 aromatic heterocycles. The molecule has 0 bridgehead atoms. The molecule has 1 atom stereocenters. The molecule has 0 aliphatic heterocycles. The molecule has 5 nitrogen and oxygen atoms in total. The van der Waals surface area contributed by atoms with Crippen LogP contribution in [-0.4, -0.2) is 21.1 Å². The quantitative estimate of drug-likeness (QED) is 0.876. The Hall–Kier alpha value is -2.17. The van der Waals surface area contributed by atoms with E-state index in [1.807, 2.05) is 18.2 Å². The second kappa shape index (κ2) is 7.40. The minimum absolute atomic E-state index is 0.0571. The molecule has 2 aromatic rings. The lowest BCUT2D eigenvalue weighted by atomic mass is 9.79. The first-order valence-corrected chi connectivity index (χ1v) is 8.48. The number of aromatic amines is 1. The van der Waals surface area contributed by atoms with Gasteiger partial charge < -0.3 is 5.32 Å². The Labute approximate surface area is 136 Å². The van der Waals surface area contributed by atoms with Crippen LogP contribution in [0.4, 0.5) is 5.69 Å². The number of rotatable bonds is 5. The topological polar surface area (TPSA) is 70.7 Å². The molecule has 5 heteroatoms. The minimum atomic E-state index is 0.0571. The Morgan fingerprint density at radius 2 is 2.17 bits per heavy atom. The molecule has 1 aliphatic rings. The largest absolute Gasteiger partial charge is 0.323 e. The summed E-state index contributed by atoms with van der Waals surface area (Å²) in [6.45, 7) is 2.20. The number of hydrogen-bond donors (Lipinski definition) is 2. The van der Waals surface area contributed by atoms with Crippen LogP contribution in [0.2, 0.25) is 0 Å². The number of carbonyl (C=O) groups is 1. The molecule has 2 N–H and O–H groups in total. The van der Waals surface area contributed by atoms with E-state index < -0.39 is 0 Å². The van der Waals surface area contributed by atoms with Crippen molar-refractivity contribution in [2.45, 2.75) is 45.4 Å². The van der Waals surface area contributed by atoms with Crippen LogP contribution in [0, 0.1) is 11.8 Å². The summed E-state index contributed by atoms with van der Waals surface area (Å²) in [5.74, 6) is 1.18. The zero-order valence-corrected chi connectivity index (χ0v) is 13.6. The summed E-state index contributed by atoms with van der Waals surface area (Å²) in [6.07, 6.45) is 10.4. The maximum atomic E-state index is 12.4. The van der Waals surface area contributed by atoms with E-state index in [-0.39, 0.29) is 5.91 Å². The second-order valence-electron chi connectivity index (χ2n) is 6.50. The number of nitrogens with one attached hydrogen (secondary N) is 2. The van der Waals surface area contributed by atoms with Crippen molar-refractivity contribution in [2.75, 3.05) is 5.32 Å². The third kappa shape index (κ3) is 3.97. The van der Waals surface area contributed by atoms with Crippen molar-refractivity contribution in [2.24, 2.45) is 11.8 Å². The first-order chi connectivity index (χ1) is 11.2. The van der Waals surface area contributed by atoms with Crippen LogP contribution in [-0.2, 0) is 4.79 Å². The lowest BCUT2D eigenvalue weighted by molar-refractivity contribution is -0.117. The minimum Gasteiger partial charge on any atom is -0.323 e. The van der Waals surface area contributed by atoms with E-state index in [0.717, 1.165) is 11.4 Å². The Bertz CT molecular complexity index is 631. The molecule has 2 heterocycles. The third-order valence-electron chi connectivity index (χ3n) is 4.80. The standard InChI is InChI=1S/C18H24N4O/c1-13(14-7-3-2-4-8-14)11-17(23)21-16-12-20-22-18(16)15-9-5-6-10-19-15/h5-6,9-10,12-14H,2-4,7-8,11H2,1H3,(H,20,22)(H,21,23). The Morgan fingerprint density at radius 3 is 2.91 bits per heavy atom. The van der Waals surface area contributed by atoms with E-state index >= 15 is 0 Å². The van der Waals surface area contributed by atoms with Gasteiger partial charge in [0, 0.05) is 12.6 Å². The summed E-state index contributed by atoms with van der Waals surface area (Å²) in [5, 5.41) is 9.94. The van der Waals surface area contributed by atoms with Crippen molar-refractivity contribution in [1.82, 2.24) is 15.2 Å². The third-order valence-corrected chi connectivity index (χ3v) is 4.80. The van der Waals surface area contributed by atoms with Crippen LogP contribution < -0.4 is 5.32 Å². The predicted molar refractivity (Wildman–Crippen MR) is 90.8 cm³/mol. The maximum Gasteiger partial charge on any atom is 0.224 e. The van der Waals surface area contributed by atoms with Gasteiger partial charge in [0.05, 0.1) is 17.6 Å². The van der Waals surface area contributed by atoms with Gasteiger partial charge in [-0.1, -0.05) is 45.1 Å². The second-order valence-corrected chi connectivity index (χ2v) is 6.50. The number of amides is 1. The molecular weight excluding hydrogens is 288 g/mol. The Balaban J connectivity index is 1.61. The molecule has 0 aromatic carbocycles. The van der Waals surface area contributed by atoms with Gasteiger partial charge in [-0.15, -0.1) is 0 Å². The van der Waals surface area contributed by atoms with Crippen molar-refractivity contribution in [3.8, 4) is 11.4 Å². The van der Waals surface area contributed by atoms with Gasteiger partial charge >= 0.3 is 0 Å². The molecule has 1 fully saturated rings. The van der Waals surface area contributed by atoms with Crippen LogP contribution >= 0.6 is 0 Å². The van der Waals surface area contributed by atoms with Crippen LogP contribution in [0.15, 0.2) is 30.6 Å². The zero-order chi connectivity index (χ0) is 16.1. The van der Waals surface area contributed by atoms with E-state index in [0.29, 0.717) is 23.9 Å². The molecule has 122 valence electrons. The lowest BCUT2D eigenvalue weighted by Gasteiger charge is -2.27. The number of nitrogens with zero attached hydrogens (tertiary/aromatic N) is 2. The predicted octanol–water partition coefficient (Wildman–Crippen LogP) is 4.02. The summed E-state index contributed by atoms with van der Waals surface area (Å²) >= 11 is 0. The Morgan fingerprint density at radius 1 is 1.35 bits per heavy atom. The molecule has 1 aliphatic carbocycles. The molecule has 3 rings (SSSR count). The van der Waals surface area contributed by atoms with E-state index in [9.17, 15) is 4.79 Å². The molecule has 23 heavy (non-hydrogen) atoms. The summed E-state index contributed by atoms with van der Waals surface area (Å²) < 4.78 is 0. The monoisotopic (exact) mass is 312 g/mol. The van der Waals surface area contributed by atoms with Crippen molar-refractivity contribution in [1.29, 1.82) is 0 Å². The smallest absolute Gasteiger partial charge is 0.224 e. The van der Waals surface area contributed by atoms with Crippen molar-refractivity contribution < 1.29 is 4.79 Å². The molecule has 0 saturated heterocycles. The van der Waals surface area contributed by atoms with Crippen molar-refractivity contribution in [3.05, 3.63) is 30.6 Å². The van der Waals surface area contributed by atoms with Gasteiger partial charge in [-0.2, -0.15) is 5.10 Å². The first-order valence-electron chi connectivity index (χ1n) is 8.48. The van der Waals surface area contributed by atoms with Crippen LogP contribution in [0.25, 0.3) is 11.4 Å². The van der Waals surface area contributed by atoms with Gasteiger partial charge in [-0.05, 0) is 24.0 Å². The van der Waals surface area contributed by atoms with E-state index in [1.54, 1.807) is 12.4 Å². The number of carbonyl (C=O) groups excluding carboxylic acids is 1. The molecule has 1 unspecified atom stereocenters. The first kappa shape index (κ1) is 15.7. The fourth-order valence-electron chi connectivity index (χ4n) is 3.45. The highest BCUT2D eigenvalue weighted by Gasteiger charge is 2.22. The number of H-pyrrole nitrogens is 1. The van der Waals surface area contributed by atoms with Gasteiger partial charge in [0.15, 0.2) is 0 Å². The van der Waals surface area contributed by atoms with Gasteiger partial charge in [0.25, 0.3) is 0 Å². The maximum absolute atomic E-state index is 12.4. The molecule has 0 radical (unpaired) electrons. The molecule has 1 amide bonds. The fraction of sp³-hybridized carbons (Fsp3) is 0.500. The van der Waals surface area contributed by atoms with Gasteiger partial charge in [0.2, 0.25) is 5.91 Å². The average molecular weight is 312 g/mol. The zero-order valence-electron chi connectivity index (χ0n) is 13.6. The fourth-order valence-corrected chi connectivity index (χ4v) is 3.45. The van der Waals surface area contributed by atoms with E-state index in [4.69, 9.17) is 0 Å². The summed E-state index contributed by atoms with van der Waals surface area (Å²) in [7, 11) is 0. The van der Waals surface area contributed by atoms with Crippen LogP contribution in [0.5, 0.6) is 0 Å². The van der Waals surface area contributed by atoms with E-state index in [1.165, 1.54) is 32.1 Å². The normalized spacial score (nSPS) is 16.9. The van der Waals surface area contributed by atoms with Gasteiger partial charge in [0.1, 0.15) is 5.69 Å². The summed E-state index contributed by atoms with van der Waals surface area (Å²) in [4.78, 5) is 16.7. The lowest BCUT2D eigenvalue weighted by Crippen LogP contribution is -2.22. The molecule has 1 saturated carbocycles. The highest BCUT2D eigenvalue weighted by Crippen LogP contribution is 2.32. The SMILES string of the molecule is CC(CC(=O)Nc1cn[nH]c1-c1ccccn1)C1CCCCC1. The van der Waals surface area contributed by atoms with Gasteiger partial charge in [-0.25, -0.2) is 0 Å². The Kier molecular flexibility index (Phi) is 5.05. The summed E-state index contributed by atoms with van der Waals surface area (Å²) in [6, 6.07) is 5.68. The van der Waals surface area contributed by atoms with E-state index in [2.05, 4.69) is 27.4 Å². The number of hydrogen-bond acceptors (Lipinski definition) is 3. The van der Waals surface area contributed by atoms with Crippen molar-refractivity contribution >= 4 is 11.6 Å². The average Bonchev–Trinajstić information content (AvgIpc) is 3.04. The van der Waals surface area contributed by atoms with Crippen LogP contribution in [0.1, 0.15) is 45.4 Å². The van der Waals surface area contributed by atoms with Crippen LogP contribution in [0.3, 0.4) is 0 Å². The number of anilines is 1. The molecule has 0 spiro atoms. The highest BCUT2D eigenvalue weighted by molar-refractivity contribution is 5.94.